The van der Waals surface area contributed by atoms with Crippen molar-refractivity contribution in [2.75, 3.05) is 6.61 Å². The van der Waals surface area contributed by atoms with Crippen LogP contribution in [-0.2, 0) is 6.54 Å². The summed E-state index contributed by atoms with van der Waals surface area (Å²) in [5.74, 6) is 0. The molecule has 0 saturated heterocycles. The van der Waals surface area contributed by atoms with Gasteiger partial charge in [0.25, 0.3) is 0 Å². The van der Waals surface area contributed by atoms with Crippen LogP contribution < -0.4 is 5.32 Å². The zero-order chi connectivity index (χ0) is 14.5. The molecule has 0 amide bonds. The molecule has 2 aromatic rings. The molecule has 0 radical (unpaired) electrons. The summed E-state index contributed by atoms with van der Waals surface area (Å²) in [6.07, 6.45) is 2.95. The van der Waals surface area contributed by atoms with E-state index in [-0.39, 0.29) is 12.6 Å². The lowest BCUT2D eigenvalue weighted by atomic mass is 10.2. The van der Waals surface area contributed by atoms with Crippen molar-refractivity contribution < 1.29 is 5.11 Å². The van der Waals surface area contributed by atoms with E-state index in [1.54, 1.807) is 0 Å². The van der Waals surface area contributed by atoms with E-state index < -0.39 is 0 Å². The molecule has 0 saturated carbocycles. The van der Waals surface area contributed by atoms with E-state index in [2.05, 4.69) is 33.3 Å². The Labute approximate surface area is 127 Å². The van der Waals surface area contributed by atoms with Gasteiger partial charge >= 0.3 is 0 Å². The van der Waals surface area contributed by atoms with E-state index >= 15 is 0 Å². The minimum atomic E-state index is 0.144. The Morgan fingerprint density at radius 2 is 2.05 bits per heavy atom. The van der Waals surface area contributed by atoms with Crippen LogP contribution in [0, 0.1) is 6.92 Å². The van der Waals surface area contributed by atoms with E-state index in [4.69, 9.17) is 0 Å². The van der Waals surface area contributed by atoms with Gasteiger partial charge in [0.05, 0.1) is 18.0 Å². The van der Waals surface area contributed by atoms with Gasteiger partial charge in [-0.3, -0.25) is 0 Å². The Balaban J connectivity index is 2.11. The highest BCUT2D eigenvalue weighted by Gasteiger charge is 2.09. The molecule has 5 heteroatoms. The van der Waals surface area contributed by atoms with Crippen LogP contribution in [0.15, 0.2) is 34.9 Å². The average molecular weight is 338 g/mol. The number of rotatable bonds is 6. The number of aromatic nitrogens is 2. The zero-order valence-electron chi connectivity index (χ0n) is 11.8. The molecule has 2 rings (SSSR count). The maximum Gasteiger partial charge on any atom is 0.0646 e. The Morgan fingerprint density at radius 1 is 1.35 bits per heavy atom. The standard InChI is InChI=1S/C15H20BrN3O/c1-3-14(10-20)17-8-12-9-19(18-11(12)2)15-6-4-13(16)5-7-15/h4-7,9,14,17,20H,3,8,10H2,1-2H3. The van der Waals surface area contributed by atoms with Crippen molar-refractivity contribution in [2.45, 2.75) is 32.9 Å². The van der Waals surface area contributed by atoms with E-state index in [9.17, 15) is 5.11 Å². The summed E-state index contributed by atoms with van der Waals surface area (Å²) in [7, 11) is 0. The van der Waals surface area contributed by atoms with Crippen LogP contribution in [0.1, 0.15) is 24.6 Å². The molecule has 0 bridgehead atoms. The number of hydrogen-bond donors (Lipinski definition) is 2. The maximum atomic E-state index is 9.19. The summed E-state index contributed by atoms with van der Waals surface area (Å²) >= 11 is 3.43. The van der Waals surface area contributed by atoms with Crippen LogP contribution >= 0.6 is 15.9 Å². The predicted octanol–water partition coefficient (Wildman–Crippen LogP) is 2.80. The molecule has 20 heavy (non-hydrogen) atoms. The lowest BCUT2D eigenvalue weighted by molar-refractivity contribution is 0.238. The minimum absolute atomic E-state index is 0.144. The fraction of sp³-hybridized carbons (Fsp3) is 0.400. The smallest absolute Gasteiger partial charge is 0.0646 e. The lowest BCUT2D eigenvalue weighted by Gasteiger charge is -2.13. The van der Waals surface area contributed by atoms with Crippen molar-refractivity contribution in [3.8, 4) is 5.69 Å². The Hall–Kier alpha value is -1.17. The second kappa shape index (κ2) is 7.02. The first-order valence-electron chi connectivity index (χ1n) is 6.79. The summed E-state index contributed by atoms with van der Waals surface area (Å²) in [6.45, 7) is 4.95. The number of nitrogens with one attached hydrogen (secondary N) is 1. The summed E-state index contributed by atoms with van der Waals surface area (Å²) in [6, 6.07) is 8.20. The molecule has 1 aromatic heterocycles. The highest BCUT2D eigenvalue weighted by Crippen LogP contribution is 2.15. The second-order valence-electron chi connectivity index (χ2n) is 4.83. The first kappa shape index (κ1) is 15.2. The molecule has 0 spiro atoms. The van der Waals surface area contributed by atoms with Gasteiger partial charge in [-0.05, 0) is 37.6 Å². The number of aryl methyl sites for hydroxylation is 1. The van der Waals surface area contributed by atoms with Gasteiger partial charge < -0.3 is 10.4 Å². The van der Waals surface area contributed by atoms with Gasteiger partial charge in [-0.1, -0.05) is 22.9 Å². The highest BCUT2D eigenvalue weighted by atomic mass is 79.9. The molecule has 1 atom stereocenters. The number of hydrogen-bond acceptors (Lipinski definition) is 3. The van der Waals surface area contributed by atoms with Crippen LogP contribution in [0.5, 0.6) is 0 Å². The second-order valence-corrected chi connectivity index (χ2v) is 5.75. The summed E-state index contributed by atoms with van der Waals surface area (Å²) in [5, 5.41) is 17.1. The molecule has 0 aliphatic carbocycles. The minimum Gasteiger partial charge on any atom is -0.395 e. The zero-order valence-corrected chi connectivity index (χ0v) is 13.4. The van der Waals surface area contributed by atoms with Crippen molar-refractivity contribution in [3.63, 3.8) is 0 Å². The molecule has 0 fully saturated rings. The van der Waals surface area contributed by atoms with Crippen LogP contribution in [0.3, 0.4) is 0 Å². The Morgan fingerprint density at radius 3 is 2.65 bits per heavy atom. The molecular weight excluding hydrogens is 318 g/mol. The van der Waals surface area contributed by atoms with Gasteiger partial charge in [-0.15, -0.1) is 0 Å². The highest BCUT2D eigenvalue weighted by molar-refractivity contribution is 9.10. The third-order valence-electron chi connectivity index (χ3n) is 3.39. The SMILES string of the molecule is CCC(CO)NCc1cn(-c2ccc(Br)cc2)nc1C. The van der Waals surface area contributed by atoms with E-state index in [1.165, 1.54) is 0 Å². The molecular formula is C15H20BrN3O. The van der Waals surface area contributed by atoms with Crippen LogP contribution in [0.4, 0.5) is 0 Å². The fourth-order valence-electron chi connectivity index (χ4n) is 1.99. The van der Waals surface area contributed by atoms with E-state index in [0.29, 0.717) is 0 Å². The number of nitrogens with zero attached hydrogens (tertiary/aromatic N) is 2. The molecule has 2 N–H and O–H groups in total. The number of benzene rings is 1. The van der Waals surface area contributed by atoms with Crippen molar-refractivity contribution in [3.05, 3.63) is 46.2 Å². The molecule has 0 aliphatic rings. The maximum absolute atomic E-state index is 9.19. The largest absolute Gasteiger partial charge is 0.395 e. The third-order valence-corrected chi connectivity index (χ3v) is 3.91. The van der Waals surface area contributed by atoms with Crippen LogP contribution in [-0.4, -0.2) is 27.5 Å². The Kier molecular flexibility index (Phi) is 5.34. The summed E-state index contributed by atoms with van der Waals surface area (Å²) < 4.78 is 2.94. The normalized spacial score (nSPS) is 12.6. The van der Waals surface area contributed by atoms with Gasteiger partial charge in [0, 0.05) is 28.8 Å². The van der Waals surface area contributed by atoms with Crippen molar-refractivity contribution >= 4 is 15.9 Å². The van der Waals surface area contributed by atoms with Gasteiger partial charge in [0.1, 0.15) is 0 Å². The number of halogens is 1. The quantitative estimate of drug-likeness (QED) is 0.852. The van der Waals surface area contributed by atoms with Crippen LogP contribution in [0.25, 0.3) is 5.69 Å². The molecule has 4 nitrogen and oxygen atoms in total. The molecule has 1 unspecified atom stereocenters. The topological polar surface area (TPSA) is 50.1 Å². The van der Waals surface area contributed by atoms with Gasteiger partial charge in [0.2, 0.25) is 0 Å². The van der Waals surface area contributed by atoms with Gasteiger partial charge in [-0.2, -0.15) is 5.10 Å². The average Bonchev–Trinajstić information content (AvgIpc) is 2.82. The molecule has 1 aromatic carbocycles. The Bertz CT molecular complexity index is 547. The van der Waals surface area contributed by atoms with Gasteiger partial charge in [-0.25, -0.2) is 4.68 Å². The lowest BCUT2D eigenvalue weighted by Crippen LogP contribution is -2.31. The fourth-order valence-corrected chi connectivity index (χ4v) is 2.25. The number of aliphatic hydroxyl groups is 1. The first-order valence-corrected chi connectivity index (χ1v) is 7.58. The van der Waals surface area contributed by atoms with E-state index in [1.807, 2.05) is 42.1 Å². The van der Waals surface area contributed by atoms with Crippen molar-refractivity contribution in [1.29, 1.82) is 0 Å². The predicted molar refractivity (Wildman–Crippen MR) is 84.0 cm³/mol. The third kappa shape index (κ3) is 3.69. The molecule has 0 aliphatic heterocycles. The van der Waals surface area contributed by atoms with Gasteiger partial charge in [0.15, 0.2) is 0 Å². The first-order chi connectivity index (χ1) is 9.63. The summed E-state index contributed by atoms with van der Waals surface area (Å²) in [4.78, 5) is 0. The van der Waals surface area contributed by atoms with Crippen molar-refractivity contribution in [2.24, 2.45) is 0 Å². The van der Waals surface area contributed by atoms with Crippen LogP contribution in [0.2, 0.25) is 0 Å². The van der Waals surface area contributed by atoms with Crippen molar-refractivity contribution in [1.82, 2.24) is 15.1 Å². The monoisotopic (exact) mass is 337 g/mol. The molecule has 1 heterocycles. The summed E-state index contributed by atoms with van der Waals surface area (Å²) in [5.41, 5.74) is 3.20. The van der Waals surface area contributed by atoms with E-state index in [0.717, 1.165) is 34.4 Å². The molecule has 108 valence electrons. The number of aliphatic hydroxyl groups excluding tert-OH is 1.